The van der Waals surface area contributed by atoms with Gasteiger partial charge in [0.15, 0.2) is 0 Å². The zero-order valence-electron chi connectivity index (χ0n) is 13.7. The highest BCUT2D eigenvalue weighted by Gasteiger charge is 2.38. The molecular formula is C16H26ClN3O. The van der Waals surface area contributed by atoms with Crippen LogP contribution < -0.4 is 10.9 Å². The molecule has 0 radical (unpaired) electrons. The Bertz CT molecular complexity index is 561. The fraction of sp³-hybridized carbons (Fsp3) is 0.750. The van der Waals surface area contributed by atoms with E-state index in [9.17, 15) is 4.79 Å². The molecule has 5 heteroatoms. The molecule has 0 spiro atoms. The first-order chi connectivity index (χ1) is 9.63. The maximum Gasteiger partial charge on any atom is 0.287 e. The molecule has 1 saturated carbocycles. The number of nitrogens with zero attached hydrogens (tertiary/aromatic N) is 2. The van der Waals surface area contributed by atoms with Crippen molar-refractivity contribution in [2.75, 3.05) is 5.32 Å². The van der Waals surface area contributed by atoms with Gasteiger partial charge in [0.1, 0.15) is 5.02 Å². The number of hydrogen-bond acceptors (Lipinski definition) is 3. The molecule has 1 aliphatic carbocycles. The minimum Gasteiger partial charge on any atom is -0.380 e. The predicted octanol–water partition coefficient (Wildman–Crippen LogP) is 3.93. The van der Waals surface area contributed by atoms with Gasteiger partial charge in [0.25, 0.3) is 5.56 Å². The third-order valence-corrected chi connectivity index (χ3v) is 4.56. The standard InChI is InChI=1S/C16H26ClN3O/c1-6-20-14(21)13(17)12(9-18-20)19-11-7-15(2,3)10-16(4,5)8-11/h9,11,19H,6-8,10H2,1-5H3. The van der Waals surface area contributed by atoms with Crippen LogP contribution in [0.15, 0.2) is 11.0 Å². The molecule has 21 heavy (non-hydrogen) atoms. The number of rotatable bonds is 3. The highest BCUT2D eigenvalue weighted by Crippen LogP contribution is 2.46. The van der Waals surface area contributed by atoms with Gasteiger partial charge in [-0.15, -0.1) is 0 Å². The molecule has 0 unspecified atom stereocenters. The summed E-state index contributed by atoms with van der Waals surface area (Å²) in [6.45, 7) is 11.6. The molecule has 0 saturated heterocycles. The first kappa shape index (κ1) is 16.3. The van der Waals surface area contributed by atoms with Crippen LogP contribution in [0.2, 0.25) is 5.02 Å². The Labute approximate surface area is 131 Å². The summed E-state index contributed by atoms with van der Waals surface area (Å²) in [7, 11) is 0. The van der Waals surface area contributed by atoms with Crippen LogP contribution in [0.5, 0.6) is 0 Å². The maximum atomic E-state index is 12.0. The predicted molar refractivity (Wildman–Crippen MR) is 88.0 cm³/mol. The Hall–Kier alpha value is -1.03. The molecule has 1 aromatic rings. The van der Waals surface area contributed by atoms with Crippen LogP contribution in [-0.2, 0) is 6.54 Å². The Balaban J connectivity index is 2.22. The van der Waals surface area contributed by atoms with Crippen LogP contribution in [0, 0.1) is 10.8 Å². The lowest BCUT2D eigenvalue weighted by atomic mass is 9.63. The highest BCUT2D eigenvalue weighted by molar-refractivity contribution is 6.32. The number of aryl methyl sites for hydroxylation is 1. The molecule has 1 N–H and O–H groups in total. The van der Waals surface area contributed by atoms with E-state index in [0.29, 0.717) is 18.3 Å². The second kappa shape index (κ2) is 5.64. The highest BCUT2D eigenvalue weighted by atomic mass is 35.5. The number of aromatic nitrogens is 2. The average Bonchev–Trinajstić information content (AvgIpc) is 2.31. The van der Waals surface area contributed by atoms with E-state index < -0.39 is 0 Å². The van der Waals surface area contributed by atoms with Crippen LogP contribution in [-0.4, -0.2) is 15.8 Å². The average molecular weight is 312 g/mol. The van der Waals surface area contributed by atoms with Crippen LogP contribution in [0.1, 0.15) is 53.9 Å². The summed E-state index contributed by atoms with van der Waals surface area (Å²) >= 11 is 6.20. The van der Waals surface area contributed by atoms with Crippen molar-refractivity contribution in [1.82, 2.24) is 9.78 Å². The van der Waals surface area contributed by atoms with Crippen molar-refractivity contribution < 1.29 is 0 Å². The summed E-state index contributed by atoms with van der Waals surface area (Å²) in [4.78, 5) is 12.0. The summed E-state index contributed by atoms with van der Waals surface area (Å²) in [6.07, 6.45) is 5.02. The van der Waals surface area contributed by atoms with Gasteiger partial charge in [0.2, 0.25) is 0 Å². The zero-order valence-corrected chi connectivity index (χ0v) is 14.4. The van der Waals surface area contributed by atoms with Crippen molar-refractivity contribution in [3.63, 3.8) is 0 Å². The number of anilines is 1. The fourth-order valence-corrected chi connectivity index (χ4v) is 4.16. The lowest BCUT2D eigenvalue weighted by molar-refractivity contribution is 0.105. The monoisotopic (exact) mass is 311 g/mol. The minimum atomic E-state index is -0.224. The molecule has 1 fully saturated rings. The van der Waals surface area contributed by atoms with Gasteiger partial charge < -0.3 is 5.32 Å². The first-order valence-electron chi connectivity index (χ1n) is 7.66. The summed E-state index contributed by atoms with van der Waals surface area (Å²) in [5, 5.41) is 7.84. The van der Waals surface area contributed by atoms with E-state index in [4.69, 9.17) is 11.6 Å². The van der Waals surface area contributed by atoms with Crippen molar-refractivity contribution in [2.24, 2.45) is 10.8 Å². The lowest BCUT2D eigenvalue weighted by Gasteiger charge is -2.45. The third-order valence-electron chi connectivity index (χ3n) is 4.20. The van der Waals surface area contributed by atoms with Crippen molar-refractivity contribution in [3.05, 3.63) is 21.6 Å². The van der Waals surface area contributed by atoms with Crippen molar-refractivity contribution in [2.45, 2.75) is 66.5 Å². The Morgan fingerprint density at radius 1 is 1.33 bits per heavy atom. The smallest absolute Gasteiger partial charge is 0.287 e. The van der Waals surface area contributed by atoms with Gasteiger partial charge >= 0.3 is 0 Å². The van der Waals surface area contributed by atoms with Crippen LogP contribution in [0.4, 0.5) is 5.69 Å². The van der Waals surface area contributed by atoms with E-state index in [1.165, 1.54) is 11.1 Å². The largest absolute Gasteiger partial charge is 0.380 e. The Kier molecular flexibility index (Phi) is 4.39. The molecule has 2 rings (SSSR count). The number of nitrogens with one attached hydrogen (secondary N) is 1. The Morgan fingerprint density at radius 2 is 1.90 bits per heavy atom. The van der Waals surface area contributed by atoms with Gasteiger partial charge in [-0.2, -0.15) is 5.10 Å². The summed E-state index contributed by atoms with van der Waals surface area (Å²) < 4.78 is 1.38. The molecule has 0 aromatic carbocycles. The lowest BCUT2D eigenvalue weighted by Crippen LogP contribution is -2.40. The minimum absolute atomic E-state index is 0.224. The second-order valence-corrected chi connectivity index (χ2v) is 8.13. The SMILES string of the molecule is CCn1ncc(NC2CC(C)(C)CC(C)(C)C2)c(Cl)c1=O. The summed E-state index contributed by atoms with van der Waals surface area (Å²) in [5.74, 6) is 0. The van der Waals surface area contributed by atoms with Crippen LogP contribution >= 0.6 is 11.6 Å². The van der Waals surface area contributed by atoms with Crippen molar-refractivity contribution in [1.29, 1.82) is 0 Å². The molecule has 0 atom stereocenters. The maximum absolute atomic E-state index is 12.0. The topological polar surface area (TPSA) is 46.9 Å². The van der Waals surface area contributed by atoms with Gasteiger partial charge in [-0.3, -0.25) is 4.79 Å². The van der Waals surface area contributed by atoms with E-state index in [2.05, 4.69) is 38.1 Å². The van der Waals surface area contributed by atoms with E-state index in [-0.39, 0.29) is 21.4 Å². The molecule has 1 aromatic heterocycles. The molecular weight excluding hydrogens is 286 g/mol. The summed E-state index contributed by atoms with van der Waals surface area (Å²) in [5.41, 5.74) is 1.01. The zero-order chi connectivity index (χ0) is 15.8. The normalized spacial score (nSPS) is 21.2. The van der Waals surface area contributed by atoms with Gasteiger partial charge in [-0.25, -0.2) is 4.68 Å². The van der Waals surface area contributed by atoms with Gasteiger partial charge in [-0.1, -0.05) is 39.3 Å². The van der Waals surface area contributed by atoms with Crippen LogP contribution in [0.25, 0.3) is 0 Å². The Morgan fingerprint density at radius 3 is 2.43 bits per heavy atom. The summed E-state index contributed by atoms with van der Waals surface area (Å²) in [6, 6.07) is 0.319. The number of hydrogen-bond donors (Lipinski definition) is 1. The van der Waals surface area contributed by atoms with Crippen molar-refractivity contribution in [3.8, 4) is 0 Å². The molecule has 1 heterocycles. The molecule has 0 aliphatic heterocycles. The quantitative estimate of drug-likeness (QED) is 0.920. The van der Waals surface area contributed by atoms with Gasteiger partial charge in [-0.05, 0) is 37.0 Å². The van der Waals surface area contributed by atoms with Gasteiger partial charge in [0.05, 0.1) is 11.9 Å². The third kappa shape index (κ3) is 3.79. The van der Waals surface area contributed by atoms with E-state index in [1.54, 1.807) is 6.20 Å². The van der Waals surface area contributed by atoms with E-state index >= 15 is 0 Å². The second-order valence-electron chi connectivity index (χ2n) is 7.75. The number of halogens is 1. The fourth-order valence-electron chi connectivity index (χ4n) is 3.96. The molecule has 0 bridgehead atoms. The molecule has 4 nitrogen and oxygen atoms in total. The molecule has 118 valence electrons. The van der Waals surface area contributed by atoms with E-state index in [1.807, 2.05) is 6.92 Å². The first-order valence-corrected chi connectivity index (χ1v) is 8.03. The van der Waals surface area contributed by atoms with E-state index in [0.717, 1.165) is 12.8 Å². The molecule has 1 aliphatic rings. The molecule has 0 amide bonds. The van der Waals surface area contributed by atoms with Gasteiger partial charge in [0, 0.05) is 12.6 Å². The van der Waals surface area contributed by atoms with Crippen LogP contribution in [0.3, 0.4) is 0 Å². The van der Waals surface area contributed by atoms with Crippen molar-refractivity contribution >= 4 is 17.3 Å².